The van der Waals surface area contributed by atoms with Crippen LogP contribution in [0.5, 0.6) is 0 Å². The summed E-state index contributed by atoms with van der Waals surface area (Å²) in [4.78, 5) is 9.22. The first-order valence-corrected chi connectivity index (χ1v) is 25.5. The van der Waals surface area contributed by atoms with E-state index in [1.54, 1.807) is 6.33 Å². The number of benzene rings is 1. The van der Waals surface area contributed by atoms with E-state index in [2.05, 4.69) is 108 Å². The van der Waals surface area contributed by atoms with Gasteiger partial charge < -0.3 is 28.4 Å². The van der Waals surface area contributed by atoms with Crippen LogP contribution >= 0.6 is 11.8 Å². The van der Waals surface area contributed by atoms with Crippen molar-refractivity contribution in [3.05, 3.63) is 59.7 Å². The molecular formula is C39H61N5O4SSi2. The number of rotatable bonds is 14. The number of aryl methyl sites for hydroxylation is 2. The average molecular weight is 752 g/mol. The zero-order valence-electron chi connectivity index (χ0n) is 33.0. The van der Waals surface area contributed by atoms with E-state index in [1.807, 2.05) is 36.9 Å². The van der Waals surface area contributed by atoms with E-state index < -0.39 is 22.9 Å². The summed E-state index contributed by atoms with van der Waals surface area (Å²) in [6.45, 7) is 27.3. The number of nitrogen functional groups attached to an aromatic ring is 1. The molecule has 5 rings (SSSR count). The molecule has 0 radical (unpaired) electrons. The fourth-order valence-electron chi connectivity index (χ4n) is 6.16. The predicted molar refractivity (Wildman–Crippen MR) is 216 cm³/mol. The van der Waals surface area contributed by atoms with E-state index in [0.29, 0.717) is 11.6 Å². The molecule has 0 saturated carbocycles. The standard InChI is InChI=1S/C39H61N5O4SSi2/c1-13-14-16-21-28-22-44(36-31(28)35(40)41-25-42-36)37-34(48-51(11,12)39(6,7)8)33(47-50(9,10)38(3,4)5)30(45-37)24-49-23-29-26(2)43-46-32(29)27-19-17-15-18-20-27/h15,17-20,22,25,30,33-34,37H,13-14,16,21,23-24H2,1-12H3,(H2,40,41,42)/t30-,33-,34-,37-/m1/s1. The average Bonchev–Trinajstić information content (AvgIpc) is 3.70. The fourth-order valence-corrected chi connectivity index (χ4v) is 9.92. The Kier molecular flexibility index (Phi) is 12.0. The van der Waals surface area contributed by atoms with Crippen molar-refractivity contribution in [2.24, 2.45) is 0 Å². The second kappa shape index (κ2) is 15.5. The molecule has 1 aromatic carbocycles. The lowest BCUT2D eigenvalue weighted by Crippen LogP contribution is -2.53. The number of nitrogens with two attached hydrogens (primary N) is 1. The third-order valence-electron chi connectivity index (χ3n) is 11.3. The minimum atomic E-state index is -2.30. The number of fused-ring (bicyclic) bond motifs is 1. The number of hydrogen-bond donors (Lipinski definition) is 1. The molecule has 3 aromatic heterocycles. The number of ether oxygens (including phenoxy) is 1. The van der Waals surface area contributed by atoms with E-state index in [-0.39, 0.29) is 28.4 Å². The van der Waals surface area contributed by atoms with Gasteiger partial charge in [-0.2, -0.15) is 11.8 Å². The van der Waals surface area contributed by atoms with Gasteiger partial charge in [-0.25, -0.2) is 9.97 Å². The molecule has 9 nitrogen and oxygen atoms in total. The van der Waals surface area contributed by atoms with E-state index >= 15 is 0 Å². The Morgan fingerprint density at radius 3 is 2.20 bits per heavy atom. The van der Waals surface area contributed by atoms with E-state index in [1.165, 1.54) is 0 Å². The molecule has 2 N–H and O–H groups in total. The van der Waals surface area contributed by atoms with Crippen molar-refractivity contribution in [2.45, 2.75) is 148 Å². The zero-order valence-corrected chi connectivity index (χ0v) is 35.8. The number of thioether (sulfide) groups is 1. The Balaban J connectivity index is 1.56. The number of unbranched alkanes of at least 4 members (excludes halogenated alkanes) is 2. The molecule has 1 aliphatic rings. The number of nitrogens with zero attached hydrogens (tertiary/aromatic N) is 4. The van der Waals surface area contributed by atoms with Crippen molar-refractivity contribution >= 4 is 45.2 Å². The highest BCUT2D eigenvalue weighted by Gasteiger charge is 2.54. The van der Waals surface area contributed by atoms with Gasteiger partial charge >= 0.3 is 0 Å². The molecule has 4 atom stereocenters. The summed E-state index contributed by atoms with van der Waals surface area (Å²) in [5.41, 5.74) is 11.6. The monoisotopic (exact) mass is 751 g/mol. The lowest BCUT2D eigenvalue weighted by Gasteiger charge is -2.44. The van der Waals surface area contributed by atoms with Gasteiger partial charge in [0.1, 0.15) is 30.0 Å². The molecule has 12 heteroatoms. The maximum Gasteiger partial charge on any atom is 0.192 e. The van der Waals surface area contributed by atoms with Crippen molar-refractivity contribution in [1.29, 1.82) is 0 Å². The summed E-state index contributed by atoms with van der Waals surface area (Å²) in [5, 5.41) is 5.25. The summed E-state index contributed by atoms with van der Waals surface area (Å²) < 4.78 is 30.1. The lowest BCUT2D eigenvalue weighted by molar-refractivity contribution is -0.0244. The Morgan fingerprint density at radius 2 is 1.57 bits per heavy atom. The normalized spacial score (nSPS) is 20.5. The van der Waals surface area contributed by atoms with Crippen molar-refractivity contribution < 1.29 is 18.1 Å². The first kappa shape index (κ1) is 39.7. The highest BCUT2D eigenvalue weighted by molar-refractivity contribution is 7.98. The molecule has 0 spiro atoms. The van der Waals surface area contributed by atoms with Crippen LogP contribution in [0.3, 0.4) is 0 Å². The first-order chi connectivity index (χ1) is 23.9. The quantitative estimate of drug-likeness (QED) is 0.0994. The van der Waals surface area contributed by atoms with Crippen molar-refractivity contribution in [3.63, 3.8) is 0 Å². The SMILES string of the molecule is CCCCCc1cn([C@@H]2O[C@H](CSCc3c(C)noc3-c3ccccc3)[C@@H](O[Si](C)(C)C(C)(C)C)[C@H]2O[Si](C)(C)C(C)(C)C)c2ncnc(N)c12. The molecule has 280 valence electrons. The van der Waals surface area contributed by atoms with Crippen LogP contribution in [0.25, 0.3) is 22.4 Å². The van der Waals surface area contributed by atoms with Crippen LogP contribution in [0.15, 0.2) is 47.4 Å². The van der Waals surface area contributed by atoms with Crippen molar-refractivity contribution in [2.75, 3.05) is 11.5 Å². The second-order valence-corrected chi connectivity index (χ2v) is 27.7. The summed E-state index contributed by atoms with van der Waals surface area (Å²) in [6, 6.07) is 10.2. The molecule has 4 heterocycles. The molecule has 0 unspecified atom stereocenters. The Labute approximate surface area is 312 Å². The smallest absolute Gasteiger partial charge is 0.192 e. The van der Waals surface area contributed by atoms with Crippen molar-refractivity contribution in [1.82, 2.24) is 19.7 Å². The van der Waals surface area contributed by atoms with Gasteiger partial charge in [-0.3, -0.25) is 0 Å². The first-order valence-electron chi connectivity index (χ1n) is 18.6. The van der Waals surface area contributed by atoms with Gasteiger partial charge in [-0.1, -0.05) is 96.8 Å². The maximum absolute atomic E-state index is 7.45. The molecule has 1 aliphatic heterocycles. The fraction of sp³-hybridized carbons (Fsp3) is 0.615. The lowest BCUT2D eigenvalue weighted by atomic mass is 10.1. The molecule has 1 saturated heterocycles. The zero-order chi connectivity index (χ0) is 37.4. The molecule has 0 amide bonds. The highest BCUT2D eigenvalue weighted by Crippen LogP contribution is 2.47. The van der Waals surface area contributed by atoms with Crippen molar-refractivity contribution in [3.8, 4) is 11.3 Å². The van der Waals surface area contributed by atoms with Gasteiger partial charge in [0.05, 0.1) is 17.2 Å². The minimum Gasteiger partial charge on any atom is -0.408 e. The summed E-state index contributed by atoms with van der Waals surface area (Å²) in [5.74, 6) is 2.78. The largest absolute Gasteiger partial charge is 0.408 e. The third kappa shape index (κ3) is 8.51. The number of hydrogen-bond acceptors (Lipinski definition) is 9. The summed E-state index contributed by atoms with van der Waals surface area (Å²) in [7, 11) is -4.58. The number of aromatic nitrogens is 4. The van der Waals surface area contributed by atoms with E-state index in [9.17, 15) is 0 Å². The van der Waals surface area contributed by atoms with Crippen LogP contribution in [0.2, 0.25) is 36.3 Å². The Hall–Kier alpha value is -2.49. The second-order valence-electron chi connectivity index (χ2n) is 17.2. The van der Waals surface area contributed by atoms with Gasteiger partial charge in [-0.15, -0.1) is 0 Å². The number of anilines is 1. The summed E-state index contributed by atoms with van der Waals surface area (Å²) >= 11 is 1.83. The molecule has 0 aliphatic carbocycles. The van der Waals surface area contributed by atoms with Crippen LogP contribution in [0.4, 0.5) is 5.82 Å². The molecule has 4 aromatic rings. The van der Waals surface area contributed by atoms with Crippen LogP contribution < -0.4 is 5.73 Å². The molecular weight excluding hydrogens is 691 g/mol. The van der Waals surface area contributed by atoms with Gasteiger partial charge in [0, 0.05) is 28.8 Å². The van der Waals surface area contributed by atoms with Crippen LogP contribution in [-0.4, -0.2) is 60.4 Å². The van der Waals surface area contributed by atoms with Gasteiger partial charge in [0.25, 0.3) is 0 Å². The molecule has 51 heavy (non-hydrogen) atoms. The van der Waals surface area contributed by atoms with E-state index in [4.69, 9.17) is 28.8 Å². The van der Waals surface area contributed by atoms with E-state index in [0.717, 1.165) is 70.6 Å². The van der Waals surface area contributed by atoms with Gasteiger partial charge in [-0.05, 0) is 61.6 Å². The predicted octanol–water partition coefficient (Wildman–Crippen LogP) is 10.3. The van der Waals surface area contributed by atoms with Gasteiger partial charge in [0.15, 0.2) is 28.6 Å². The topological polar surface area (TPSA) is 110 Å². The Bertz CT molecular complexity index is 1760. The minimum absolute atomic E-state index is 0.00271. The van der Waals surface area contributed by atoms with Crippen LogP contribution in [0, 0.1) is 6.92 Å². The highest BCUT2D eigenvalue weighted by atomic mass is 32.2. The summed E-state index contributed by atoms with van der Waals surface area (Å²) in [6.07, 6.45) is 6.71. The molecule has 0 bridgehead atoms. The van der Waals surface area contributed by atoms with Crippen LogP contribution in [0.1, 0.15) is 90.8 Å². The third-order valence-corrected chi connectivity index (χ3v) is 21.4. The molecule has 1 fully saturated rings. The van der Waals surface area contributed by atoms with Gasteiger partial charge in [0.2, 0.25) is 0 Å². The van der Waals surface area contributed by atoms with Crippen LogP contribution in [-0.2, 0) is 25.8 Å². The maximum atomic E-state index is 7.45. The Morgan fingerprint density at radius 1 is 0.922 bits per heavy atom.